The van der Waals surface area contributed by atoms with E-state index >= 15 is 0 Å². The van der Waals surface area contributed by atoms with Crippen molar-refractivity contribution in [1.29, 1.82) is 0 Å². The van der Waals surface area contributed by atoms with E-state index in [1.807, 2.05) is 51.1 Å². The third-order valence-corrected chi connectivity index (χ3v) is 12.8. The van der Waals surface area contributed by atoms with Crippen molar-refractivity contribution in [3.8, 4) is 0 Å². The van der Waals surface area contributed by atoms with Crippen LogP contribution in [0.1, 0.15) is 91.5 Å². The van der Waals surface area contributed by atoms with E-state index in [9.17, 15) is 19.8 Å². The molecule has 4 aliphatic rings. The second kappa shape index (κ2) is 16.0. The number of aryl methyl sites for hydroxylation is 1. The minimum absolute atomic E-state index is 0.172. The summed E-state index contributed by atoms with van der Waals surface area (Å²) in [6.45, 7) is 15.4. The number of nitrogens with two attached hydrogens (primary N) is 1. The van der Waals surface area contributed by atoms with E-state index in [2.05, 4.69) is 31.4 Å². The van der Waals surface area contributed by atoms with Gasteiger partial charge in [0.2, 0.25) is 5.78 Å². The summed E-state index contributed by atoms with van der Waals surface area (Å²) in [5, 5.41) is 23.8. The largest absolute Gasteiger partial charge is 0.458 e. The Balaban J connectivity index is 0.00000265. The zero-order chi connectivity index (χ0) is 36.2. The van der Waals surface area contributed by atoms with Gasteiger partial charge in [0.25, 0.3) is 0 Å². The van der Waals surface area contributed by atoms with Crippen LogP contribution in [0.2, 0.25) is 0 Å². The second-order valence-electron chi connectivity index (χ2n) is 14.8. The SMILES string of the molecule is C=C1C=CC2(C)C(=C1C)CCC1(N)C2C(O)CCC2(C)[C@@H]1CC[C@@]2(O)C(=O)COC(=O)CCCc1ccc(N(CCCl)CCCl)cc1.CC. The van der Waals surface area contributed by atoms with Gasteiger partial charge in [-0.1, -0.05) is 64.1 Å². The van der Waals surface area contributed by atoms with E-state index < -0.39 is 46.4 Å². The van der Waals surface area contributed by atoms with Gasteiger partial charge >= 0.3 is 5.97 Å². The van der Waals surface area contributed by atoms with Crippen molar-refractivity contribution in [3.05, 3.63) is 65.3 Å². The summed E-state index contributed by atoms with van der Waals surface area (Å²) < 4.78 is 5.46. The number of benzene rings is 1. The summed E-state index contributed by atoms with van der Waals surface area (Å²) in [6, 6.07) is 8.15. The first-order valence-corrected chi connectivity index (χ1v) is 19.2. The summed E-state index contributed by atoms with van der Waals surface area (Å²) in [6.07, 6.45) is 8.15. The second-order valence-corrected chi connectivity index (χ2v) is 15.5. The number of rotatable bonds is 12. The van der Waals surface area contributed by atoms with Gasteiger partial charge in [0.15, 0.2) is 6.61 Å². The maximum absolute atomic E-state index is 13.8. The van der Waals surface area contributed by atoms with E-state index in [4.69, 9.17) is 33.7 Å². The summed E-state index contributed by atoms with van der Waals surface area (Å²) in [5.41, 5.74) is 9.27. The van der Waals surface area contributed by atoms with E-state index in [-0.39, 0.29) is 24.7 Å². The average molecular weight is 718 g/mol. The standard InChI is InChI=1S/C38H52Cl2N2O5.C2H6/c1-25-12-16-35(3)29(26(25)2)13-18-37(41)31-15-19-38(46,36(31,4)17-14-30(43)34(35)37)32(44)24-47-33(45)7-5-6-27-8-10-28(11-9-27)42(22-20-39)23-21-40;1-2/h8-12,16,30-31,34,43,46H,1,5-7,13-15,17-24,41H2,2-4H3;1-2H3/t30?,31-,34?,35?,36?,37?,38+;/m0./s1. The van der Waals surface area contributed by atoms with Crippen LogP contribution >= 0.6 is 23.2 Å². The number of allylic oxidation sites excluding steroid dienone is 5. The molecule has 0 bridgehead atoms. The lowest BCUT2D eigenvalue weighted by Crippen LogP contribution is -2.66. The summed E-state index contributed by atoms with van der Waals surface area (Å²) in [4.78, 5) is 28.6. The predicted molar refractivity (Wildman–Crippen MR) is 200 cm³/mol. The van der Waals surface area contributed by atoms with Crippen LogP contribution in [0.4, 0.5) is 5.69 Å². The highest BCUT2D eigenvalue weighted by molar-refractivity contribution is 6.18. The van der Waals surface area contributed by atoms with Gasteiger partial charge in [-0.15, -0.1) is 23.2 Å². The fourth-order valence-corrected chi connectivity index (χ4v) is 10.2. The number of anilines is 1. The van der Waals surface area contributed by atoms with Crippen molar-refractivity contribution in [1.82, 2.24) is 0 Å². The molecule has 9 heteroatoms. The minimum Gasteiger partial charge on any atom is -0.458 e. The first kappa shape index (κ1) is 39.6. The average Bonchev–Trinajstić information content (AvgIpc) is 3.32. The number of alkyl halides is 2. The van der Waals surface area contributed by atoms with Gasteiger partial charge < -0.3 is 25.6 Å². The highest BCUT2D eigenvalue weighted by Crippen LogP contribution is 2.66. The molecule has 3 saturated carbocycles. The highest BCUT2D eigenvalue weighted by atomic mass is 35.5. The number of aliphatic hydroxyl groups excluding tert-OH is 1. The minimum atomic E-state index is -1.69. The lowest BCUT2D eigenvalue weighted by Gasteiger charge is -2.58. The Labute approximate surface area is 303 Å². The number of aliphatic hydroxyl groups is 2. The molecule has 0 aliphatic heterocycles. The first-order chi connectivity index (χ1) is 23.2. The van der Waals surface area contributed by atoms with Gasteiger partial charge in [-0.3, -0.25) is 9.59 Å². The molecule has 3 fully saturated rings. The third-order valence-electron chi connectivity index (χ3n) is 12.4. The van der Waals surface area contributed by atoms with Crippen molar-refractivity contribution < 1.29 is 24.5 Å². The van der Waals surface area contributed by atoms with Crippen LogP contribution in [-0.4, -0.2) is 70.7 Å². The third kappa shape index (κ3) is 7.30. The Morgan fingerprint density at radius 3 is 2.35 bits per heavy atom. The number of carbonyl (C=O) groups excluding carboxylic acids is 2. The molecule has 5 unspecified atom stereocenters. The maximum Gasteiger partial charge on any atom is 0.306 e. The van der Waals surface area contributed by atoms with Crippen LogP contribution in [0.5, 0.6) is 0 Å². The fraction of sp³-hybridized carbons (Fsp3) is 0.650. The zero-order valence-corrected chi connectivity index (χ0v) is 31.7. The van der Waals surface area contributed by atoms with Gasteiger partial charge in [-0.2, -0.15) is 0 Å². The topological polar surface area (TPSA) is 113 Å². The number of nitrogens with zero attached hydrogens (tertiary/aromatic N) is 1. The van der Waals surface area contributed by atoms with Crippen LogP contribution in [-0.2, 0) is 20.7 Å². The lowest BCUT2D eigenvalue weighted by molar-refractivity contribution is -0.164. The molecule has 272 valence electrons. The molecular weight excluding hydrogens is 659 g/mol. The quantitative estimate of drug-likeness (QED) is 0.154. The summed E-state index contributed by atoms with van der Waals surface area (Å²) >= 11 is 11.9. The van der Waals surface area contributed by atoms with Crippen molar-refractivity contribution in [3.63, 3.8) is 0 Å². The van der Waals surface area contributed by atoms with Crippen LogP contribution in [0, 0.1) is 22.7 Å². The molecule has 0 saturated heterocycles. The van der Waals surface area contributed by atoms with Gasteiger partial charge in [-0.05, 0) is 93.1 Å². The van der Waals surface area contributed by atoms with E-state index in [1.54, 1.807) is 0 Å². The number of hydrogen-bond acceptors (Lipinski definition) is 7. The predicted octanol–water partition coefficient (Wildman–Crippen LogP) is 7.29. The van der Waals surface area contributed by atoms with Gasteiger partial charge in [0.1, 0.15) is 5.60 Å². The van der Waals surface area contributed by atoms with E-state index in [0.29, 0.717) is 63.4 Å². The normalized spacial score (nSPS) is 33.4. The number of Topliss-reactive ketones (excluding diaryl/α,β-unsaturated/α-hetero) is 1. The van der Waals surface area contributed by atoms with Gasteiger partial charge in [0.05, 0.1) is 6.10 Å². The first-order valence-electron chi connectivity index (χ1n) is 18.2. The van der Waals surface area contributed by atoms with E-state index in [1.165, 1.54) is 11.1 Å². The fourth-order valence-electron chi connectivity index (χ4n) is 9.83. The Hall–Kier alpha value is -2.16. The molecule has 1 aromatic rings. The molecule has 1 aromatic carbocycles. The van der Waals surface area contributed by atoms with Crippen LogP contribution < -0.4 is 10.6 Å². The number of ketones is 1. The Morgan fingerprint density at radius 2 is 1.71 bits per heavy atom. The van der Waals surface area contributed by atoms with E-state index in [0.717, 1.165) is 23.2 Å². The van der Waals surface area contributed by atoms with Crippen LogP contribution in [0.3, 0.4) is 0 Å². The Morgan fingerprint density at radius 1 is 1.06 bits per heavy atom. The summed E-state index contributed by atoms with van der Waals surface area (Å²) in [5.74, 6) is -0.335. The number of ether oxygens (including phenoxy) is 1. The molecule has 5 rings (SSSR count). The Bertz CT molecular complexity index is 1420. The molecule has 7 nitrogen and oxygen atoms in total. The van der Waals surface area contributed by atoms with Gasteiger partial charge in [-0.25, -0.2) is 0 Å². The number of esters is 1. The smallest absolute Gasteiger partial charge is 0.306 e. The molecule has 7 atom stereocenters. The van der Waals surface area contributed by atoms with Crippen LogP contribution in [0.15, 0.2) is 59.7 Å². The maximum atomic E-state index is 13.8. The molecule has 0 heterocycles. The van der Waals surface area contributed by atoms with Crippen molar-refractivity contribution in [2.24, 2.45) is 28.4 Å². The number of hydrogen-bond donors (Lipinski definition) is 3. The number of halogens is 2. The van der Waals surface area contributed by atoms with Crippen LogP contribution in [0.25, 0.3) is 0 Å². The summed E-state index contributed by atoms with van der Waals surface area (Å²) in [7, 11) is 0. The van der Waals surface area contributed by atoms with Gasteiger partial charge in [0, 0.05) is 59.2 Å². The highest BCUT2D eigenvalue weighted by Gasteiger charge is 2.70. The molecule has 0 aromatic heterocycles. The molecular formula is C40H58Cl2N2O5. The molecule has 0 spiro atoms. The number of fused-ring (bicyclic) bond motifs is 5. The zero-order valence-electron chi connectivity index (χ0n) is 30.2. The Kier molecular flexibility index (Phi) is 13.0. The molecule has 0 amide bonds. The number of carbonyl (C=O) groups is 2. The molecule has 0 radical (unpaired) electrons. The molecule has 49 heavy (non-hydrogen) atoms. The molecule has 4 aliphatic carbocycles. The van der Waals surface area contributed by atoms with Crippen molar-refractivity contribution in [2.75, 3.05) is 36.4 Å². The molecule has 4 N–H and O–H groups in total. The van der Waals surface area contributed by atoms with Crippen molar-refractivity contribution in [2.45, 2.75) is 110 Å². The monoisotopic (exact) mass is 716 g/mol. The lowest BCUT2D eigenvalue weighted by atomic mass is 9.49. The van der Waals surface area contributed by atoms with Crippen molar-refractivity contribution >= 4 is 40.6 Å².